The van der Waals surface area contributed by atoms with Gasteiger partial charge >= 0.3 is 0 Å². The molecule has 1 atom stereocenters. The molecule has 4 nitrogen and oxygen atoms in total. The second-order valence-electron chi connectivity index (χ2n) is 4.54. The molecule has 0 bridgehead atoms. The van der Waals surface area contributed by atoms with E-state index in [0.29, 0.717) is 12.8 Å². The summed E-state index contributed by atoms with van der Waals surface area (Å²) in [5.74, 6) is 0.790. The molecule has 1 heterocycles. The Balaban J connectivity index is 1.89. The van der Waals surface area contributed by atoms with Crippen LogP contribution >= 0.6 is 0 Å². The highest BCUT2D eigenvalue weighted by Gasteiger charge is 2.06. The van der Waals surface area contributed by atoms with Gasteiger partial charge in [0, 0.05) is 24.6 Å². The lowest BCUT2D eigenvalue weighted by Crippen LogP contribution is -2.13. The predicted octanol–water partition coefficient (Wildman–Crippen LogP) is 2.87. The first-order valence-electron chi connectivity index (χ1n) is 6.33. The van der Waals surface area contributed by atoms with Gasteiger partial charge in [0.1, 0.15) is 5.76 Å². The fraction of sp³-hybridized carbons (Fsp3) is 0.267. The van der Waals surface area contributed by atoms with Crippen LogP contribution in [-0.4, -0.2) is 5.91 Å². The highest BCUT2D eigenvalue weighted by Crippen LogP contribution is 2.16. The lowest BCUT2D eigenvalue weighted by molar-refractivity contribution is -0.116. The molecule has 4 heteroatoms. The second-order valence-corrected chi connectivity index (χ2v) is 4.54. The molecule has 0 radical (unpaired) electrons. The Labute approximate surface area is 112 Å². The molecule has 2 aromatic rings. The van der Waals surface area contributed by atoms with Gasteiger partial charge in [-0.2, -0.15) is 0 Å². The summed E-state index contributed by atoms with van der Waals surface area (Å²) >= 11 is 0. The van der Waals surface area contributed by atoms with E-state index in [1.54, 1.807) is 6.26 Å². The van der Waals surface area contributed by atoms with E-state index in [-0.39, 0.29) is 11.9 Å². The van der Waals surface area contributed by atoms with Gasteiger partial charge in [0.2, 0.25) is 5.91 Å². The van der Waals surface area contributed by atoms with Crippen molar-refractivity contribution in [2.45, 2.75) is 25.8 Å². The van der Waals surface area contributed by atoms with Crippen molar-refractivity contribution in [1.82, 2.24) is 0 Å². The molecule has 1 aromatic carbocycles. The third kappa shape index (κ3) is 3.96. The quantitative estimate of drug-likeness (QED) is 0.866. The molecule has 0 aliphatic carbocycles. The molecule has 0 spiro atoms. The zero-order chi connectivity index (χ0) is 13.7. The molecular formula is C15H18N2O2. The van der Waals surface area contributed by atoms with Crippen molar-refractivity contribution in [2.75, 3.05) is 5.32 Å². The van der Waals surface area contributed by atoms with Crippen LogP contribution in [0.15, 0.2) is 47.1 Å². The van der Waals surface area contributed by atoms with E-state index in [2.05, 4.69) is 5.32 Å². The van der Waals surface area contributed by atoms with Crippen LogP contribution in [0.3, 0.4) is 0 Å². The van der Waals surface area contributed by atoms with Crippen molar-refractivity contribution >= 4 is 11.6 Å². The number of carbonyl (C=O) groups is 1. The van der Waals surface area contributed by atoms with Crippen LogP contribution in [0.1, 0.15) is 30.7 Å². The van der Waals surface area contributed by atoms with Gasteiger partial charge in [-0.3, -0.25) is 4.79 Å². The minimum Gasteiger partial charge on any atom is -0.469 e. The van der Waals surface area contributed by atoms with Crippen LogP contribution in [-0.2, 0) is 11.2 Å². The number of nitrogens with two attached hydrogens (primary N) is 1. The number of amides is 1. The lowest BCUT2D eigenvalue weighted by atomic mass is 10.1. The van der Waals surface area contributed by atoms with Gasteiger partial charge in [-0.05, 0) is 36.8 Å². The Morgan fingerprint density at radius 2 is 2.21 bits per heavy atom. The summed E-state index contributed by atoms with van der Waals surface area (Å²) in [6.45, 7) is 1.91. The van der Waals surface area contributed by atoms with E-state index in [1.165, 1.54) is 0 Å². The third-order valence-corrected chi connectivity index (χ3v) is 2.87. The molecule has 3 N–H and O–H groups in total. The van der Waals surface area contributed by atoms with Crippen molar-refractivity contribution < 1.29 is 9.21 Å². The minimum absolute atomic E-state index is 0.0294. The van der Waals surface area contributed by atoms with E-state index < -0.39 is 0 Å². The zero-order valence-electron chi connectivity index (χ0n) is 10.9. The molecule has 0 fully saturated rings. The van der Waals surface area contributed by atoms with Crippen LogP contribution in [0.25, 0.3) is 0 Å². The number of carbonyl (C=O) groups excluding carboxylic acids is 1. The molecule has 1 amide bonds. The summed E-state index contributed by atoms with van der Waals surface area (Å²) in [5.41, 5.74) is 7.59. The first-order chi connectivity index (χ1) is 9.15. The van der Waals surface area contributed by atoms with Gasteiger partial charge in [0.15, 0.2) is 0 Å². The smallest absolute Gasteiger partial charge is 0.224 e. The molecule has 0 aliphatic rings. The van der Waals surface area contributed by atoms with Gasteiger partial charge in [0.25, 0.3) is 0 Å². The fourth-order valence-corrected chi connectivity index (χ4v) is 1.81. The monoisotopic (exact) mass is 258 g/mol. The van der Waals surface area contributed by atoms with E-state index in [0.717, 1.165) is 17.0 Å². The molecule has 2 rings (SSSR count). The highest BCUT2D eigenvalue weighted by atomic mass is 16.3. The zero-order valence-corrected chi connectivity index (χ0v) is 10.9. The van der Waals surface area contributed by atoms with Crippen LogP contribution in [0.2, 0.25) is 0 Å². The first kappa shape index (κ1) is 13.4. The van der Waals surface area contributed by atoms with Gasteiger partial charge in [-0.15, -0.1) is 0 Å². The molecule has 0 saturated heterocycles. The second kappa shape index (κ2) is 6.20. The Bertz CT molecular complexity index is 533. The molecule has 1 aromatic heterocycles. The maximum Gasteiger partial charge on any atom is 0.224 e. The van der Waals surface area contributed by atoms with Gasteiger partial charge in [-0.1, -0.05) is 12.1 Å². The number of anilines is 1. The van der Waals surface area contributed by atoms with Crippen LogP contribution < -0.4 is 11.1 Å². The standard InChI is InChI=1S/C15H18N2O2/c1-11(16)12-4-2-5-13(10-12)17-15(18)8-7-14-6-3-9-19-14/h2-6,9-11H,7-8,16H2,1H3,(H,17,18). The number of rotatable bonds is 5. The topological polar surface area (TPSA) is 68.3 Å². The summed E-state index contributed by atoms with van der Waals surface area (Å²) in [7, 11) is 0. The summed E-state index contributed by atoms with van der Waals surface area (Å²) in [6.07, 6.45) is 2.61. The Morgan fingerprint density at radius 3 is 2.89 bits per heavy atom. The number of furan rings is 1. The normalized spacial score (nSPS) is 12.1. The molecule has 100 valence electrons. The SMILES string of the molecule is CC(N)c1cccc(NC(=O)CCc2ccco2)c1. The maximum absolute atomic E-state index is 11.8. The average molecular weight is 258 g/mol. The average Bonchev–Trinajstić information content (AvgIpc) is 2.90. The molecular weight excluding hydrogens is 240 g/mol. The third-order valence-electron chi connectivity index (χ3n) is 2.87. The van der Waals surface area contributed by atoms with Crippen LogP contribution in [0.4, 0.5) is 5.69 Å². The van der Waals surface area contributed by atoms with E-state index in [4.69, 9.17) is 10.2 Å². The summed E-state index contributed by atoms with van der Waals surface area (Å²) in [6, 6.07) is 11.2. The number of hydrogen-bond acceptors (Lipinski definition) is 3. The van der Waals surface area contributed by atoms with Crippen molar-refractivity contribution in [3.63, 3.8) is 0 Å². The number of aryl methyl sites for hydroxylation is 1. The van der Waals surface area contributed by atoms with Crippen molar-refractivity contribution in [2.24, 2.45) is 5.73 Å². The molecule has 0 aliphatic heterocycles. The van der Waals surface area contributed by atoms with Gasteiger partial charge in [0.05, 0.1) is 6.26 Å². The first-order valence-corrected chi connectivity index (χ1v) is 6.33. The number of benzene rings is 1. The summed E-state index contributed by atoms with van der Waals surface area (Å²) < 4.78 is 5.19. The van der Waals surface area contributed by atoms with E-state index >= 15 is 0 Å². The van der Waals surface area contributed by atoms with Gasteiger partial charge < -0.3 is 15.5 Å². The lowest BCUT2D eigenvalue weighted by Gasteiger charge is -2.09. The summed E-state index contributed by atoms with van der Waals surface area (Å²) in [5, 5.41) is 2.86. The largest absolute Gasteiger partial charge is 0.469 e. The fourth-order valence-electron chi connectivity index (χ4n) is 1.81. The Kier molecular flexibility index (Phi) is 4.36. The highest BCUT2D eigenvalue weighted by molar-refractivity contribution is 5.90. The number of nitrogens with one attached hydrogen (secondary N) is 1. The molecule has 19 heavy (non-hydrogen) atoms. The van der Waals surface area contributed by atoms with Crippen molar-refractivity contribution in [1.29, 1.82) is 0 Å². The Hall–Kier alpha value is -2.07. The minimum atomic E-state index is -0.0417. The van der Waals surface area contributed by atoms with Crippen molar-refractivity contribution in [3.8, 4) is 0 Å². The summed E-state index contributed by atoms with van der Waals surface area (Å²) in [4.78, 5) is 11.8. The van der Waals surface area contributed by atoms with Gasteiger partial charge in [-0.25, -0.2) is 0 Å². The molecule has 1 unspecified atom stereocenters. The maximum atomic E-state index is 11.8. The van der Waals surface area contributed by atoms with Crippen molar-refractivity contribution in [3.05, 3.63) is 54.0 Å². The molecule has 0 saturated carbocycles. The van der Waals surface area contributed by atoms with Crippen LogP contribution in [0, 0.1) is 0 Å². The van der Waals surface area contributed by atoms with E-state index in [1.807, 2.05) is 43.3 Å². The Morgan fingerprint density at radius 1 is 1.37 bits per heavy atom. The number of hydrogen-bond donors (Lipinski definition) is 2. The van der Waals surface area contributed by atoms with E-state index in [9.17, 15) is 4.79 Å². The predicted molar refractivity (Wildman–Crippen MR) is 74.7 cm³/mol. The van der Waals surface area contributed by atoms with Crippen LogP contribution in [0.5, 0.6) is 0 Å².